The SMILES string of the molecule is N#CC1=C(N)C(C#N)(C#N)C(c2cccc(Cl)c2Cl)C2=C1c1ccccc1SC2. The molecular weight excluding hydrogens is 423 g/mol. The van der Waals surface area contributed by atoms with E-state index in [4.69, 9.17) is 28.9 Å². The summed E-state index contributed by atoms with van der Waals surface area (Å²) in [5, 5.41) is 30.7. The van der Waals surface area contributed by atoms with Crippen molar-refractivity contribution in [3.63, 3.8) is 0 Å². The molecule has 2 aliphatic rings. The first-order valence-corrected chi connectivity index (χ1v) is 10.4. The van der Waals surface area contributed by atoms with Crippen molar-refractivity contribution in [2.75, 3.05) is 5.75 Å². The number of hydrogen-bond donors (Lipinski definition) is 1. The summed E-state index contributed by atoms with van der Waals surface area (Å²) in [5.74, 6) is -0.236. The standard InChI is InChI=1S/C22H12Cl2N4S/c23-16-6-3-5-13(20(16)24)19-15-9-29-17-7-2-1-4-12(17)18(15)14(8-25)21(28)22(19,10-26)11-27/h1-7,19H,9,28H2. The summed E-state index contributed by atoms with van der Waals surface area (Å²) in [7, 11) is 0. The second-order valence-corrected chi connectivity index (χ2v) is 8.50. The summed E-state index contributed by atoms with van der Waals surface area (Å²) in [6, 6.07) is 19.2. The van der Waals surface area contributed by atoms with Gasteiger partial charge < -0.3 is 5.73 Å². The van der Waals surface area contributed by atoms with Crippen molar-refractivity contribution in [1.82, 2.24) is 0 Å². The topological polar surface area (TPSA) is 97.4 Å². The van der Waals surface area contributed by atoms with Crippen LogP contribution in [0.2, 0.25) is 10.0 Å². The maximum absolute atomic E-state index is 10.1. The van der Waals surface area contributed by atoms with E-state index < -0.39 is 11.3 Å². The summed E-state index contributed by atoms with van der Waals surface area (Å²) in [5.41, 5.74) is 7.61. The molecule has 140 valence electrons. The smallest absolute Gasteiger partial charge is 0.194 e. The monoisotopic (exact) mass is 434 g/mol. The van der Waals surface area contributed by atoms with Crippen LogP contribution in [0.4, 0.5) is 0 Å². The lowest BCUT2D eigenvalue weighted by Crippen LogP contribution is -2.39. The highest BCUT2D eigenvalue weighted by atomic mass is 35.5. The normalized spacial score (nSPS) is 19.5. The van der Waals surface area contributed by atoms with Crippen molar-refractivity contribution in [2.24, 2.45) is 11.1 Å². The maximum Gasteiger partial charge on any atom is 0.194 e. The lowest BCUT2D eigenvalue weighted by Gasteiger charge is -2.40. The van der Waals surface area contributed by atoms with Gasteiger partial charge in [-0.05, 0) is 28.8 Å². The Bertz CT molecular complexity index is 1230. The third-order valence-corrected chi connectivity index (χ3v) is 7.30. The molecule has 0 fully saturated rings. The molecule has 0 bridgehead atoms. The van der Waals surface area contributed by atoms with Gasteiger partial charge in [-0.15, -0.1) is 11.8 Å². The van der Waals surface area contributed by atoms with Gasteiger partial charge in [0.1, 0.15) is 6.07 Å². The number of hydrogen-bond acceptors (Lipinski definition) is 5. The Kier molecular flexibility index (Phi) is 4.81. The summed E-state index contributed by atoms with van der Waals surface area (Å²) in [4.78, 5) is 1.02. The lowest BCUT2D eigenvalue weighted by atomic mass is 9.62. The zero-order valence-corrected chi connectivity index (χ0v) is 17.2. The van der Waals surface area contributed by atoms with Crippen LogP contribution < -0.4 is 5.73 Å². The second kappa shape index (κ2) is 7.18. The first-order valence-electron chi connectivity index (χ1n) is 8.62. The summed E-state index contributed by atoms with van der Waals surface area (Å²) in [6.07, 6.45) is 0. The zero-order valence-electron chi connectivity index (χ0n) is 14.9. The van der Waals surface area contributed by atoms with E-state index in [1.54, 1.807) is 30.0 Å². The molecule has 7 heteroatoms. The number of rotatable bonds is 1. The maximum atomic E-state index is 10.1. The molecule has 0 saturated carbocycles. The van der Waals surface area contributed by atoms with E-state index in [0.717, 1.165) is 16.0 Å². The molecule has 0 amide bonds. The fourth-order valence-corrected chi connectivity index (χ4v) is 5.57. The minimum Gasteiger partial charge on any atom is -0.399 e. The van der Waals surface area contributed by atoms with Gasteiger partial charge in [0.25, 0.3) is 0 Å². The molecule has 2 aromatic carbocycles. The van der Waals surface area contributed by atoms with E-state index in [0.29, 0.717) is 21.9 Å². The van der Waals surface area contributed by atoms with Crippen LogP contribution in [0.15, 0.2) is 64.2 Å². The third-order valence-electron chi connectivity index (χ3n) is 5.34. The number of nitriles is 3. The molecule has 0 spiro atoms. The summed E-state index contributed by atoms with van der Waals surface area (Å²) in [6.45, 7) is 0. The molecule has 0 radical (unpaired) electrons. The van der Waals surface area contributed by atoms with Gasteiger partial charge >= 0.3 is 0 Å². The first kappa shape index (κ1) is 19.4. The van der Waals surface area contributed by atoms with Gasteiger partial charge in [-0.2, -0.15) is 15.8 Å². The van der Waals surface area contributed by atoms with Crippen LogP contribution in [0.3, 0.4) is 0 Å². The average Bonchev–Trinajstić information content (AvgIpc) is 2.75. The number of benzene rings is 2. The summed E-state index contributed by atoms with van der Waals surface area (Å²) >= 11 is 14.4. The highest BCUT2D eigenvalue weighted by Crippen LogP contribution is 2.57. The highest BCUT2D eigenvalue weighted by molar-refractivity contribution is 7.99. The number of nitrogens with two attached hydrogens (primary N) is 1. The van der Waals surface area contributed by atoms with Gasteiger partial charge in [0, 0.05) is 22.1 Å². The molecular formula is C22H12Cl2N4S. The van der Waals surface area contributed by atoms with Crippen molar-refractivity contribution in [3.8, 4) is 18.2 Å². The quantitative estimate of drug-likeness (QED) is 0.645. The van der Waals surface area contributed by atoms with Gasteiger partial charge in [0.2, 0.25) is 0 Å². The minimum absolute atomic E-state index is 0.0495. The molecule has 2 N–H and O–H groups in total. The van der Waals surface area contributed by atoms with Crippen molar-refractivity contribution >= 4 is 40.5 Å². The Balaban J connectivity index is 2.14. The Morgan fingerprint density at radius 2 is 1.76 bits per heavy atom. The first-order chi connectivity index (χ1) is 14.0. The van der Waals surface area contributed by atoms with Crippen LogP contribution in [0.25, 0.3) is 5.57 Å². The molecule has 4 rings (SSSR count). The molecule has 4 nitrogen and oxygen atoms in total. The number of thioether (sulfide) groups is 1. The van der Waals surface area contributed by atoms with E-state index in [1.807, 2.05) is 24.3 Å². The fraction of sp³-hybridized carbons (Fsp3) is 0.136. The van der Waals surface area contributed by atoms with Crippen molar-refractivity contribution in [1.29, 1.82) is 15.8 Å². The predicted molar refractivity (Wildman–Crippen MR) is 114 cm³/mol. The molecule has 1 aliphatic heterocycles. The average molecular weight is 435 g/mol. The number of allylic oxidation sites excluding steroid dienone is 3. The molecule has 1 unspecified atom stereocenters. The van der Waals surface area contributed by atoms with Crippen LogP contribution in [0, 0.1) is 39.4 Å². The Labute approximate surface area is 182 Å². The fourth-order valence-electron chi connectivity index (χ4n) is 4.03. The van der Waals surface area contributed by atoms with Crippen molar-refractivity contribution < 1.29 is 0 Å². The van der Waals surface area contributed by atoms with Gasteiger partial charge in [0.15, 0.2) is 5.41 Å². The van der Waals surface area contributed by atoms with Crippen molar-refractivity contribution in [2.45, 2.75) is 10.8 Å². The van der Waals surface area contributed by atoms with Crippen LogP contribution in [-0.4, -0.2) is 5.75 Å². The Hall–Kier alpha value is -2.88. The van der Waals surface area contributed by atoms with Crippen LogP contribution >= 0.6 is 35.0 Å². The Morgan fingerprint density at radius 1 is 1.03 bits per heavy atom. The van der Waals surface area contributed by atoms with Gasteiger partial charge in [0.05, 0.1) is 33.5 Å². The van der Waals surface area contributed by atoms with Crippen LogP contribution in [0.5, 0.6) is 0 Å². The molecule has 1 aliphatic carbocycles. The third kappa shape index (κ3) is 2.65. The second-order valence-electron chi connectivity index (χ2n) is 6.69. The van der Waals surface area contributed by atoms with E-state index in [-0.39, 0.29) is 16.3 Å². The molecule has 2 aromatic rings. The van der Waals surface area contributed by atoms with Gasteiger partial charge in [-0.1, -0.05) is 53.5 Å². The predicted octanol–water partition coefficient (Wildman–Crippen LogP) is 5.42. The van der Waals surface area contributed by atoms with E-state index in [9.17, 15) is 15.8 Å². The number of halogens is 2. The van der Waals surface area contributed by atoms with E-state index in [2.05, 4.69) is 18.2 Å². The van der Waals surface area contributed by atoms with Crippen molar-refractivity contribution in [3.05, 3.63) is 80.5 Å². The zero-order chi connectivity index (χ0) is 20.8. The largest absolute Gasteiger partial charge is 0.399 e. The van der Waals surface area contributed by atoms with Gasteiger partial charge in [-0.25, -0.2) is 0 Å². The molecule has 1 atom stereocenters. The number of fused-ring (bicyclic) bond motifs is 2. The Morgan fingerprint density at radius 3 is 2.45 bits per heavy atom. The van der Waals surface area contributed by atoms with Crippen LogP contribution in [-0.2, 0) is 0 Å². The van der Waals surface area contributed by atoms with E-state index in [1.165, 1.54) is 0 Å². The highest BCUT2D eigenvalue weighted by Gasteiger charge is 2.52. The number of nitrogens with zero attached hydrogens (tertiary/aromatic N) is 3. The van der Waals surface area contributed by atoms with E-state index >= 15 is 0 Å². The molecule has 29 heavy (non-hydrogen) atoms. The minimum atomic E-state index is -1.76. The molecule has 0 aromatic heterocycles. The summed E-state index contributed by atoms with van der Waals surface area (Å²) < 4.78 is 0. The molecule has 1 heterocycles. The molecule has 0 saturated heterocycles. The van der Waals surface area contributed by atoms with Crippen LogP contribution in [0.1, 0.15) is 17.0 Å². The lowest BCUT2D eigenvalue weighted by molar-refractivity contribution is 0.513. The van der Waals surface area contributed by atoms with Gasteiger partial charge in [-0.3, -0.25) is 0 Å².